The van der Waals surface area contributed by atoms with Gasteiger partial charge in [-0.3, -0.25) is 4.79 Å². The predicted molar refractivity (Wildman–Crippen MR) is 64.5 cm³/mol. The fourth-order valence-electron chi connectivity index (χ4n) is 2.56. The Hall–Kier alpha value is -1.85. The topological polar surface area (TPSA) is 86.3 Å². The van der Waals surface area contributed by atoms with E-state index < -0.39 is 5.97 Å². The number of carbonyl (C=O) groups excluding carboxylic acids is 1. The van der Waals surface area contributed by atoms with Crippen molar-refractivity contribution in [2.75, 3.05) is 0 Å². The maximum Gasteiger partial charge on any atom is 0.354 e. The van der Waals surface area contributed by atoms with Crippen LogP contribution >= 0.6 is 0 Å². The zero-order valence-corrected chi connectivity index (χ0v) is 10.5. The summed E-state index contributed by atoms with van der Waals surface area (Å²) in [7, 11) is 0. The van der Waals surface area contributed by atoms with Crippen molar-refractivity contribution in [1.82, 2.24) is 14.9 Å². The van der Waals surface area contributed by atoms with Gasteiger partial charge < -0.3 is 15.0 Å². The van der Waals surface area contributed by atoms with Gasteiger partial charge in [0.25, 0.3) is 5.91 Å². The number of nitrogens with zero attached hydrogens (tertiary/aromatic N) is 2. The molecule has 0 radical (unpaired) electrons. The van der Waals surface area contributed by atoms with Crippen molar-refractivity contribution in [3.05, 3.63) is 17.7 Å². The molecule has 18 heavy (non-hydrogen) atoms. The maximum atomic E-state index is 12.4. The average molecular weight is 251 g/mol. The fraction of sp³-hybridized carbons (Fsp3) is 0.583. The number of hydrogen-bond donors (Lipinski definition) is 2. The minimum atomic E-state index is -1.16. The number of carboxylic acids is 1. The normalized spacial score (nSPS) is 24.0. The molecule has 1 aliphatic rings. The van der Waals surface area contributed by atoms with Gasteiger partial charge in [0, 0.05) is 12.1 Å². The van der Waals surface area contributed by atoms with Crippen molar-refractivity contribution in [3.8, 4) is 0 Å². The summed E-state index contributed by atoms with van der Waals surface area (Å²) in [6.07, 6.45) is 4.24. The van der Waals surface area contributed by atoms with Gasteiger partial charge in [0.1, 0.15) is 0 Å². The number of imidazole rings is 1. The molecule has 1 amide bonds. The molecule has 2 heterocycles. The summed E-state index contributed by atoms with van der Waals surface area (Å²) in [5.41, 5.74) is -0.131. The summed E-state index contributed by atoms with van der Waals surface area (Å²) in [6.45, 7) is 3.97. The first kappa shape index (κ1) is 12.6. The second-order valence-electron chi connectivity index (χ2n) is 4.77. The SMILES string of the molecule is CC1CCCC(C)N1C(=O)c1nc[nH]c1C(=O)O. The number of aromatic carboxylic acids is 1. The maximum absolute atomic E-state index is 12.4. The number of hydrogen-bond acceptors (Lipinski definition) is 3. The minimum Gasteiger partial charge on any atom is -0.477 e. The van der Waals surface area contributed by atoms with Gasteiger partial charge in [-0.25, -0.2) is 9.78 Å². The van der Waals surface area contributed by atoms with Gasteiger partial charge in [-0.1, -0.05) is 0 Å². The van der Waals surface area contributed by atoms with Gasteiger partial charge in [-0.05, 0) is 33.1 Å². The molecule has 0 saturated carbocycles. The lowest BCUT2D eigenvalue weighted by molar-refractivity contribution is 0.0495. The summed E-state index contributed by atoms with van der Waals surface area (Å²) in [4.78, 5) is 31.5. The number of likely N-dealkylation sites (tertiary alicyclic amines) is 1. The molecule has 6 heteroatoms. The number of rotatable bonds is 2. The zero-order chi connectivity index (χ0) is 13.3. The minimum absolute atomic E-state index is 0.00287. The van der Waals surface area contributed by atoms with Gasteiger partial charge in [-0.15, -0.1) is 0 Å². The van der Waals surface area contributed by atoms with Crippen molar-refractivity contribution < 1.29 is 14.7 Å². The molecule has 0 aromatic carbocycles. The third-order valence-electron chi connectivity index (χ3n) is 3.48. The van der Waals surface area contributed by atoms with Crippen molar-refractivity contribution >= 4 is 11.9 Å². The van der Waals surface area contributed by atoms with Crippen molar-refractivity contribution in [2.45, 2.75) is 45.2 Å². The van der Waals surface area contributed by atoms with E-state index in [2.05, 4.69) is 9.97 Å². The number of amides is 1. The lowest BCUT2D eigenvalue weighted by Crippen LogP contribution is -2.48. The van der Waals surface area contributed by atoms with E-state index in [1.54, 1.807) is 4.90 Å². The number of carbonyl (C=O) groups is 2. The quantitative estimate of drug-likeness (QED) is 0.834. The lowest BCUT2D eigenvalue weighted by Gasteiger charge is -2.38. The van der Waals surface area contributed by atoms with E-state index in [4.69, 9.17) is 5.11 Å². The van der Waals surface area contributed by atoms with Gasteiger partial charge in [0.2, 0.25) is 0 Å². The van der Waals surface area contributed by atoms with Crippen LogP contribution < -0.4 is 0 Å². The summed E-state index contributed by atoms with van der Waals surface area (Å²) in [5.74, 6) is -1.46. The van der Waals surface area contributed by atoms with Gasteiger partial charge in [0.15, 0.2) is 11.4 Å². The highest BCUT2D eigenvalue weighted by atomic mass is 16.4. The summed E-state index contributed by atoms with van der Waals surface area (Å²) in [5, 5.41) is 8.99. The van der Waals surface area contributed by atoms with E-state index >= 15 is 0 Å². The van der Waals surface area contributed by atoms with Crippen LogP contribution in [0.3, 0.4) is 0 Å². The molecule has 1 fully saturated rings. The van der Waals surface area contributed by atoms with Crippen molar-refractivity contribution in [2.24, 2.45) is 0 Å². The Kier molecular flexibility index (Phi) is 3.36. The fourth-order valence-corrected chi connectivity index (χ4v) is 2.56. The Labute approximate surface area is 105 Å². The van der Waals surface area contributed by atoms with E-state index in [-0.39, 0.29) is 29.4 Å². The molecule has 1 aromatic heterocycles. The number of carboxylic acid groups (broad SMARTS) is 1. The van der Waals surface area contributed by atoms with Crippen molar-refractivity contribution in [3.63, 3.8) is 0 Å². The highest BCUT2D eigenvalue weighted by molar-refractivity contribution is 6.02. The summed E-state index contributed by atoms with van der Waals surface area (Å²) >= 11 is 0. The van der Waals surface area contributed by atoms with Crippen LogP contribution in [-0.2, 0) is 0 Å². The zero-order valence-electron chi connectivity index (χ0n) is 10.5. The second-order valence-corrected chi connectivity index (χ2v) is 4.77. The van der Waals surface area contributed by atoms with Crippen LogP contribution in [0.1, 0.15) is 54.1 Å². The Bertz CT molecular complexity index is 459. The highest BCUT2D eigenvalue weighted by Gasteiger charge is 2.33. The first-order valence-electron chi connectivity index (χ1n) is 6.11. The number of H-pyrrole nitrogens is 1. The molecular formula is C12H17N3O3. The highest BCUT2D eigenvalue weighted by Crippen LogP contribution is 2.24. The molecular weight excluding hydrogens is 234 g/mol. The van der Waals surface area contributed by atoms with Crippen LogP contribution in [0, 0.1) is 0 Å². The van der Waals surface area contributed by atoms with E-state index in [0.717, 1.165) is 19.3 Å². The van der Waals surface area contributed by atoms with E-state index in [1.165, 1.54) is 6.33 Å². The molecule has 0 aliphatic carbocycles. The molecule has 0 bridgehead atoms. The molecule has 98 valence electrons. The average Bonchev–Trinajstić information content (AvgIpc) is 2.77. The molecule has 0 spiro atoms. The van der Waals surface area contributed by atoms with Gasteiger partial charge in [-0.2, -0.15) is 0 Å². The Morgan fingerprint density at radius 3 is 2.56 bits per heavy atom. The monoisotopic (exact) mass is 251 g/mol. The summed E-state index contributed by atoms with van der Waals surface area (Å²) < 4.78 is 0. The first-order valence-corrected chi connectivity index (χ1v) is 6.11. The molecule has 2 atom stereocenters. The largest absolute Gasteiger partial charge is 0.477 e. The second kappa shape index (κ2) is 4.80. The van der Waals surface area contributed by atoms with E-state index in [1.807, 2.05) is 13.8 Å². The summed E-state index contributed by atoms with van der Waals surface area (Å²) in [6, 6.07) is 0.249. The molecule has 1 aliphatic heterocycles. The standard InChI is InChI=1S/C12H17N3O3/c1-7-4-3-5-8(2)15(7)11(16)9-10(12(17)18)14-6-13-9/h6-8H,3-5H2,1-2H3,(H,13,14)(H,17,18). The van der Waals surface area contributed by atoms with E-state index in [0.29, 0.717) is 0 Å². The Morgan fingerprint density at radius 1 is 1.39 bits per heavy atom. The Morgan fingerprint density at radius 2 is 2.00 bits per heavy atom. The molecule has 2 N–H and O–H groups in total. The predicted octanol–water partition coefficient (Wildman–Crippen LogP) is 1.51. The van der Waals surface area contributed by atoms with Crippen LogP contribution in [0.25, 0.3) is 0 Å². The smallest absolute Gasteiger partial charge is 0.354 e. The van der Waals surface area contributed by atoms with Gasteiger partial charge >= 0.3 is 5.97 Å². The molecule has 1 aromatic rings. The number of aromatic nitrogens is 2. The number of nitrogens with one attached hydrogen (secondary N) is 1. The van der Waals surface area contributed by atoms with Crippen LogP contribution in [0.15, 0.2) is 6.33 Å². The molecule has 2 rings (SSSR count). The number of piperidine rings is 1. The molecule has 6 nitrogen and oxygen atoms in total. The van der Waals surface area contributed by atoms with Crippen LogP contribution in [-0.4, -0.2) is 43.9 Å². The molecule has 2 unspecified atom stereocenters. The molecule has 1 saturated heterocycles. The van der Waals surface area contributed by atoms with E-state index in [9.17, 15) is 9.59 Å². The Balaban J connectivity index is 2.29. The first-order chi connectivity index (χ1) is 8.52. The van der Waals surface area contributed by atoms with Crippen LogP contribution in [0.5, 0.6) is 0 Å². The van der Waals surface area contributed by atoms with Crippen molar-refractivity contribution in [1.29, 1.82) is 0 Å². The van der Waals surface area contributed by atoms with Gasteiger partial charge in [0.05, 0.1) is 6.33 Å². The third-order valence-corrected chi connectivity index (χ3v) is 3.48. The third kappa shape index (κ3) is 2.10. The van der Waals surface area contributed by atoms with Crippen LogP contribution in [0.4, 0.5) is 0 Å². The van der Waals surface area contributed by atoms with Crippen LogP contribution in [0.2, 0.25) is 0 Å². The lowest BCUT2D eigenvalue weighted by atomic mass is 9.97. The number of aromatic amines is 1.